The number of hydrogen-bond acceptors (Lipinski definition) is 6. The van der Waals surface area contributed by atoms with Gasteiger partial charge < -0.3 is 0 Å². The SMILES string of the molecule is Cc1nn(S(=O)(=O)c2cccc3nsnc23)c(C)c1C12CC3CC(CC(C3)C1)C2. The zero-order chi connectivity index (χ0) is 20.0. The molecule has 0 aliphatic heterocycles. The largest absolute Gasteiger partial charge is 0.285 e. The fraction of sp³-hybridized carbons (Fsp3) is 0.571. The molecule has 0 amide bonds. The quantitative estimate of drug-likeness (QED) is 0.624. The average Bonchev–Trinajstić information content (AvgIpc) is 3.24. The molecule has 2 heterocycles. The molecule has 0 spiro atoms. The lowest BCUT2D eigenvalue weighted by Crippen LogP contribution is -2.49. The lowest BCUT2D eigenvalue weighted by atomic mass is 9.48. The fourth-order valence-electron chi connectivity index (χ4n) is 7.12. The van der Waals surface area contributed by atoms with Crippen molar-refractivity contribution in [2.75, 3.05) is 0 Å². The maximum atomic E-state index is 13.6. The van der Waals surface area contributed by atoms with E-state index in [2.05, 4.69) is 13.8 Å². The van der Waals surface area contributed by atoms with Gasteiger partial charge in [-0.15, -0.1) is 0 Å². The second kappa shape index (κ2) is 5.88. The highest BCUT2D eigenvalue weighted by molar-refractivity contribution is 7.90. The van der Waals surface area contributed by atoms with Gasteiger partial charge in [0.15, 0.2) is 0 Å². The van der Waals surface area contributed by atoms with Crippen LogP contribution in [0.4, 0.5) is 0 Å². The number of benzene rings is 1. The molecule has 0 unspecified atom stereocenters. The molecule has 4 aliphatic rings. The minimum atomic E-state index is -3.83. The van der Waals surface area contributed by atoms with Crippen LogP contribution in [0, 0.1) is 31.6 Å². The normalized spacial score (nSPS) is 31.0. The predicted molar refractivity (Wildman–Crippen MR) is 112 cm³/mol. The summed E-state index contributed by atoms with van der Waals surface area (Å²) in [5.41, 5.74) is 4.01. The molecule has 7 rings (SSSR count). The van der Waals surface area contributed by atoms with Crippen molar-refractivity contribution < 1.29 is 8.42 Å². The first-order valence-electron chi connectivity index (χ1n) is 10.4. The third kappa shape index (κ3) is 2.45. The Hall–Kier alpha value is -1.80. The van der Waals surface area contributed by atoms with Crippen molar-refractivity contribution in [1.82, 2.24) is 17.9 Å². The summed E-state index contributed by atoms with van der Waals surface area (Å²) in [6.07, 6.45) is 7.67. The van der Waals surface area contributed by atoms with Crippen molar-refractivity contribution in [2.24, 2.45) is 17.8 Å². The molecule has 4 saturated carbocycles. The summed E-state index contributed by atoms with van der Waals surface area (Å²) in [7, 11) is -3.83. The highest BCUT2D eigenvalue weighted by atomic mass is 32.2. The Balaban J connectivity index is 1.51. The summed E-state index contributed by atoms with van der Waals surface area (Å²) in [6, 6.07) is 5.13. The second-order valence-corrected chi connectivity index (χ2v) is 11.7. The summed E-state index contributed by atoms with van der Waals surface area (Å²) in [6.45, 7) is 3.92. The Labute approximate surface area is 174 Å². The molecule has 0 saturated heterocycles. The highest BCUT2D eigenvalue weighted by Crippen LogP contribution is 2.61. The zero-order valence-electron chi connectivity index (χ0n) is 16.6. The molecule has 3 aromatic rings. The van der Waals surface area contributed by atoms with E-state index in [9.17, 15) is 8.42 Å². The number of aromatic nitrogens is 4. The topological polar surface area (TPSA) is 77.7 Å². The van der Waals surface area contributed by atoms with E-state index in [1.807, 2.05) is 13.8 Å². The Bertz CT molecular complexity index is 1210. The molecule has 0 atom stereocenters. The number of rotatable bonds is 3. The molecule has 0 N–H and O–H groups in total. The Kier molecular flexibility index (Phi) is 3.65. The van der Waals surface area contributed by atoms with Crippen LogP contribution in [0.25, 0.3) is 11.0 Å². The number of hydrogen-bond donors (Lipinski definition) is 0. The van der Waals surface area contributed by atoms with Crippen LogP contribution in [0.15, 0.2) is 23.1 Å². The van der Waals surface area contributed by atoms with E-state index in [0.717, 1.165) is 40.9 Å². The number of aryl methyl sites for hydroxylation is 1. The first-order valence-corrected chi connectivity index (χ1v) is 12.6. The number of fused-ring (bicyclic) bond motifs is 1. The Morgan fingerprint density at radius 1 is 1.03 bits per heavy atom. The average molecular weight is 429 g/mol. The van der Waals surface area contributed by atoms with Crippen molar-refractivity contribution in [3.8, 4) is 0 Å². The molecule has 8 heteroatoms. The van der Waals surface area contributed by atoms with E-state index in [0.29, 0.717) is 11.0 Å². The standard InChI is InChI=1S/C21H24N4O2S2/c1-12-19(21-9-14-6-15(10-21)8-16(7-14)11-21)13(2)25(22-12)29(26,27)18-5-3-4-17-20(18)24-28-23-17/h3-5,14-16H,6-11H2,1-2H3. The van der Waals surface area contributed by atoms with E-state index in [1.165, 1.54) is 48.2 Å². The van der Waals surface area contributed by atoms with E-state index in [-0.39, 0.29) is 10.3 Å². The maximum Gasteiger partial charge on any atom is 0.285 e. The van der Waals surface area contributed by atoms with Crippen molar-refractivity contribution in [2.45, 2.75) is 62.7 Å². The van der Waals surface area contributed by atoms with Gasteiger partial charge in [-0.3, -0.25) is 0 Å². The van der Waals surface area contributed by atoms with E-state index < -0.39 is 10.0 Å². The van der Waals surface area contributed by atoms with Crippen LogP contribution in [0.2, 0.25) is 0 Å². The van der Waals surface area contributed by atoms with Crippen LogP contribution in [-0.2, 0) is 15.4 Å². The monoisotopic (exact) mass is 428 g/mol. The fourth-order valence-corrected chi connectivity index (χ4v) is 9.24. The van der Waals surface area contributed by atoms with Crippen LogP contribution in [0.3, 0.4) is 0 Å². The van der Waals surface area contributed by atoms with E-state index >= 15 is 0 Å². The second-order valence-electron chi connectivity index (χ2n) is 9.48. The van der Waals surface area contributed by atoms with Gasteiger partial charge in [0.25, 0.3) is 10.0 Å². The van der Waals surface area contributed by atoms with Crippen molar-refractivity contribution >= 4 is 32.8 Å². The van der Waals surface area contributed by atoms with Crippen molar-refractivity contribution in [1.29, 1.82) is 0 Å². The molecule has 4 aliphatic carbocycles. The van der Waals surface area contributed by atoms with Gasteiger partial charge in [-0.2, -0.15) is 26.4 Å². The van der Waals surface area contributed by atoms with Gasteiger partial charge in [-0.25, -0.2) is 0 Å². The lowest BCUT2D eigenvalue weighted by molar-refractivity contribution is -0.00574. The summed E-state index contributed by atoms with van der Waals surface area (Å²) < 4.78 is 36.9. The number of nitrogens with zero attached hydrogens (tertiary/aromatic N) is 4. The minimum Gasteiger partial charge on any atom is -0.199 e. The summed E-state index contributed by atoms with van der Waals surface area (Å²) in [5, 5.41) is 4.59. The Morgan fingerprint density at radius 3 is 2.34 bits per heavy atom. The van der Waals surface area contributed by atoms with Crippen molar-refractivity contribution in [3.05, 3.63) is 35.2 Å². The molecule has 1 aromatic carbocycles. The minimum absolute atomic E-state index is 0.116. The summed E-state index contributed by atoms with van der Waals surface area (Å²) in [5.74, 6) is 2.40. The van der Waals surface area contributed by atoms with Crippen LogP contribution >= 0.6 is 11.7 Å². The lowest BCUT2D eigenvalue weighted by Gasteiger charge is -2.57. The van der Waals surface area contributed by atoms with Gasteiger partial charge in [-0.1, -0.05) is 6.07 Å². The van der Waals surface area contributed by atoms with Gasteiger partial charge in [0.2, 0.25) is 0 Å². The van der Waals surface area contributed by atoms with Crippen LogP contribution in [-0.4, -0.2) is 26.4 Å². The molecule has 6 nitrogen and oxygen atoms in total. The van der Waals surface area contributed by atoms with Crippen LogP contribution in [0.1, 0.15) is 55.5 Å². The molecular formula is C21H24N4O2S2. The van der Waals surface area contributed by atoms with Crippen molar-refractivity contribution in [3.63, 3.8) is 0 Å². The third-order valence-corrected chi connectivity index (χ3v) is 9.81. The molecule has 4 fully saturated rings. The zero-order valence-corrected chi connectivity index (χ0v) is 18.3. The van der Waals surface area contributed by atoms with Crippen LogP contribution in [0.5, 0.6) is 0 Å². The first kappa shape index (κ1) is 18.0. The molecule has 152 valence electrons. The molecular weight excluding hydrogens is 404 g/mol. The van der Waals surface area contributed by atoms with Gasteiger partial charge >= 0.3 is 0 Å². The van der Waals surface area contributed by atoms with E-state index in [1.54, 1.807) is 18.2 Å². The molecule has 4 bridgehead atoms. The molecule has 0 radical (unpaired) electrons. The maximum absolute atomic E-state index is 13.6. The van der Waals surface area contributed by atoms with Gasteiger partial charge in [0.05, 0.1) is 23.1 Å². The smallest absolute Gasteiger partial charge is 0.199 e. The summed E-state index contributed by atoms with van der Waals surface area (Å²) in [4.78, 5) is 0.186. The Morgan fingerprint density at radius 2 is 1.69 bits per heavy atom. The third-order valence-electron chi connectivity index (χ3n) is 7.57. The van der Waals surface area contributed by atoms with E-state index in [4.69, 9.17) is 0 Å². The summed E-state index contributed by atoms with van der Waals surface area (Å²) >= 11 is 1.04. The molecule has 29 heavy (non-hydrogen) atoms. The van der Waals surface area contributed by atoms with Crippen LogP contribution < -0.4 is 0 Å². The predicted octanol–water partition coefficient (Wildman–Crippen LogP) is 4.21. The first-order chi connectivity index (χ1) is 13.9. The van der Waals surface area contributed by atoms with Gasteiger partial charge in [-0.05, 0) is 87.7 Å². The highest BCUT2D eigenvalue weighted by Gasteiger charge is 2.53. The molecule has 2 aromatic heterocycles. The van der Waals surface area contributed by atoms with Gasteiger partial charge in [0, 0.05) is 5.56 Å². The van der Waals surface area contributed by atoms with Gasteiger partial charge in [0.1, 0.15) is 15.9 Å².